The highest BCUT2D eigenvalue weighted by atomic mass is 32.2. The SMILES string of the molecule is CCCCCCCC[C@H]1CC(SC2CCCCC2)C(=O)O1. The largest absolute Gasteiger partial charge is 0.461 e. The number of hydrogen-bond donors (Lipinski definition) is 0. The molecule has 2 aliphatic rings. The van der Waals surface area contributed by atoms with Gasteiger partial charge in [-0.25, -0.2) is 0 Å². The number of esters is 1. The quantitative estimate of drug-likeness (QED) is 0.416. The van der Waals surface area contributed by atoms with E-state index in [0.717, 1.165) is 12.8 Å². The minimum atomic E-state index is 0.0709. The van der Waals surface area contributed by atoms with Crippen LogP contribution in [0.25, 0.3) is 0 Å². The number of carbonyl (C=O) groups is 1. The van der Waals surface area contributed by atoms with Crippen molar-refractivity contribution in [2.75, 3.05) is 0 Å². The molecule has 1 heterocycles. The van der Waals surface area contributed by atoms with Crippen molar-refractivity contribution in [1.82, 2.24) is 0 Å². The van der Waals surface area contributed by atoms with E-state index in [-0.39, 0.29) is 17.3 Å². The Morgan fingerprint density at radius 1 is 1.05 bits per heavy atom. The van der Waals surface area contributed by atoms with Crippen LogP contribution >= 0.6 is 11.8 Å². The molecule has 0 spiro atoms. The third kappa shape index (κ3) is 6.22. The highest BCUT2D eigenvalue weighted by Crippen LogP contribution is 2.37. The average molecular weight is 313 g/mol. The second-order valence-corrected chi connectivity index (χ2v) is 8.24. The number of ether oxygens (including phenoxy) is 1. The van der Waals surface area contributed by atoms with Gasteiger partial charge in [0.15, 0.2) is 0 Å². The van der Waals surface area contributed by atoms with Crippen LogP contribution in [0.15, 0.2) is 0 Å². The Morgan fingerprint density at radius 2 is 1.76 bits per heavy atom. The van der Waals surface area contributed by atoms with Crippen LogP contribution in [-0.4, -0.2) is 22.6 Å². The number of thioether (sulfide) groups is 1. The lowest BCUT2D eigenvalue weighted by Gasteiger charge is -2.22. The zero-order valence-corrected chi connectivity index (χ0v) is 14.5. The maximum absolute atomic E-state index is 12.0. The summed E-state index contributed by atoms with van der Waals surface area (Å²) in [6.07, 6.45) is 16.8. The van der Waals surface area contributed by atoms with Crippen molar-refractivity contribution in [2.45, 2.75) is 107 Å². The van der Waals surface area contributed by atoms with Crippen molar-refractivity contribution in [1.29, 1.82) is 0 Å². The predicted molar refractivity (Wildman–Crippen MR) is 90.7 cm³/mol. The summed E-state index contributed by atoms with van der Waals surface area (Å²) < 4.78 is 5.58. The topological polar surface area (TPSA) is 26.3 Å². The van der Waals surface area contributed by atoms with Crippen molar-refractivity contribution >= 4 is 17.7 Å². The summed E-state index contributed by atoms with van der Waals surface area (Å²) in [4.78, 5) is 12.0. The first kappa shape index (κ1) is 17.2. The summed E-state index contributed by atoms with van der Waals surface area (Å²) in [6.45, 7) is 2.25. The van der Waals surface area contributed by atoms with Crippen molar-refractivity contribution in [3.63, 3.8) is 0 Å². The van der Waals surface area contributed by atoms with E-state index in [1.54, 1.807) is 0 Å². The summed E-state index contributed by atoms with van der Waals surface area (Å²) in [6, 6.07) is 0. The van der Waals surface area contributed by atoms with E-state index in [9.17, 15) is 4.79 Å². The number of unbranched alkanes of at least 4 members (excludes halogenated alkanes) is 5. The third-order valence-electron chi connectivity index (χ3n) is 4.81. The number of carbonyl (C=O) groups excluding carboxylic acids is 1. The molecule has 1 aliphatic heterocycles. The molecule has 0 radical (unpaired) electrons. The van der Waals surface area contributed by atoms with E-state index in [1.165, 1.54) is 70.6 Å². The monoisotopic (exact) mass is 312 g/mol. The van der Waals surface area contributed by atoms with Gasteiger partial charge in [-0.05, 0) is 25.7 Å². The summed E-state index contributed by atoms with van der Waals surface area (Å²) in [5.41, 5.74) is 0. The fraction of sp³-hybridized carbons (Fsp3) is 0.944. The minimum Gasteiger partial charge on any atom is -0.461 e. The van der Waals surface area contributed by atoms with Crippen LogP contribution in [-0.2, 0) is 9.53 Å². The van der Waals surface area contributed by atoms with Gasteiger partial charge in [0.1, 0.15) is 11.4 Å². The van der Waals surface area contributed by atoms with Crippen molar-refractivity contribution in [2.24, 2.45) is 0 Å². The van der Waals surface area contributed by atoms with Gasteiger partial charge in [-0.3, -0.25) is 4.79 Å². The maximum Gasteiger partial charge on any atom is 0.319 e. The molecule has 1 unspecified atom stereocenters. The molecule has 0 amide bonds. The molecule has 0 aromatic carbocycles. The van der Waals surface area contributed by atoms with E-state index in [2.05, 4.69) is 6.92 Å². The van der Waals surface area contributed by atoms with E-state index in [4.69, 9.17) is 4.74 Å². The van der Waals surface area contributed by atoms with Crippen LogP contribution in [0, 0.1) is 0 Å². The van der Waals surface area contributed by atoms with Crippen molar-refractivity contribution in [3.8, 4) is 0 Å². The summed E-state index contributed by atoms with van der Waals surface area (Å²) in [5, 5.41) is 0.849. The average Bonchev–Trinajstić information content (AvgIpc) is 2.84. The normalized spacial score (nSPS) is 27.0. The van der Waals surface area contributed by atoms with Gasteiger partial charge in [0.2, 0.25) is 0 Å². The number of hydrogen-bond acceptors (Lipinski definition) is 3. The minimum absolute atomic E-state index is 0.0709. The lowest BCUT2D eigenvalue weighted by molar-refractivity contribution is -0.141. The van der Waals surface area contributed by atoms with Gasteiger partial charge in [-0.15, -0.1) is 11.8 Å². The lowest BCUT2D eigenvalue weighted by atomic mass is 10.0. The van der Waals surface area contributed by atoms with Crippen LogP contribution in [0.4, 0.5) is 0 Å². The first-order chi connectivity index (χ1) is 10.3. The molecular weight excluding hydrogens is 280 g/mol. The summed E-state index contributed by atoms with van der Waals surface area (Å²) >= 11 is 1.92. The van der Waals surface area contributed by atoms with Crippen molar-refractivity contribution in [3.05, 3.63) is 0 Å². The lowest BCUT2D eigenvalue weighted by Crippen LogP contribution is -2.17. The molecule has 1 saturated heterocycles. The highest BCUT2D eigenvalue weighted by molar-refractivity contribution is 8.01. The summed E-state index contributed by atoms with van der Waals surface area (Å²) in [5.74, 6) is 0.0709. The zero-order chi connectivity index (χ0) is 14.9. The zero-order valence-electron chi connectivity index (χ0n) is 13.6. The molecule has 1 saturated carbocycles. The molecule has 0 aromatic heterocycles. The van der Waals surface area contributed by atoms with E-state index in [1.807, 2.05) is 11.8 Å². The Balaban J connectivity index is 1.58. The molecule has 2 atom stereocenters. The molecule has 0 N–H and O–H groups in total. The number of rotatable bonds is 9. The van der Waals surface area contributed by atoms with Gasteiger partial charge in [-0.1, -0.05) is 58.3 Å². The van der Waals surface area contributed by atoms with Crippen LogP contribution in [0.5, 0.6) is 0 Å². The van der Waals surface area contributed by atoms with Gasteiger partial charge in [0.25, 0.3) is 0 Å². The van der Waals surface area contributed by atoms with Crippen LogP contribution < -0.4 is 0 Å². The highest BCUT2D eigenvalue weighted by Gasteiger charge is 2.36. The fourth-order valence-corrected chi connectivity index (χ4v) is 5.06. The predicted octanol–water partition coefficient (Wildman–Crippen LogP) is 5.49. The second kappa shape index (κ2) is 9.76. The molecule has 1 aliphatic carbocycles. The van der Waals surface area contributed by atoms with Crippen molar-refractivity contribution < 1.29 is 9.53 Å². The molecule has 0 aromatic rings. The second-order valence-electron chi connectivity index (χ2n) is 6.74. The van der Waals surface area contributed by atoms with Gasteiger partial charge in [0.05, 0.1) is 0 Å². The first-order valence-corrected chi connectivity index (χ1v) is 10.1. The Bertz CT molecular complexity index is 300. The summed E-state index contributed by atoms with van der Waals surface area (Å²) in [7, 11) is 0. The first-order valence-electron chi connectivity index (χ1n) is 9.15. The number of cyclic esters (lactones) is 1. The fourth-order valence-electron chi connectivity index (χ4n) is 3.50. The van der Waals surface area contributed by atoms with Gasteiger partial charge < -0.3 is 4.74 Å². The van der Waals surface area contributed by atoms with Crippen LogP contribution in [0.2, 0.25) is 0 Å². The standard InChI is InChI=1S/C18H32O2S/c1-2-3-4-5-6-8-11-15-14-17(18(19)20-15)21-16-12-9-7-10-13-16/h15-17H,2-14H2,1H3/t15-,17?/m0/s1. The molecule has 2 nitrogen and oxygen atoms in total. The molecule has 2 fully saturated rings. The van der Waals surface area contributed by atoms with Gasteiger partial charge >= 0.3 is 5.97 Å². The maximum atomic E-state index is 12.0. The van der Waals surface area contributed by atoms with Gasteiger partial charge in [0, 0.05) is 11.7 Å². The van der Waals surface area contributed by atoms with E-state index in [0.29, 0.717) is 5.25 Å². The molecule has 0 bridgehead atoms. The molecular formula is C18H32O2S. The molecule has 21 heavy (non-hydrogen) atoms. The Hall–Kier alpha value is -0.180. The molecule has 122 valence electrons. The van der Waals surface area contributed by atoms with Gasteiger partial charge in [-0.2, -0.15) is 0 Å². The Labute approximate surface area is 134 Å². The smallest absolute Gasteiger partial charge is 0.319 e. The van der Waals surface area contributed by atoms with E-state index >= 15 is 0 Å². The Kier molecular flexibility index (Phi) is 7.98. The third-order valence-corrected chi connectivity index (χ3v) is 6.38. The van der Waals surface area contributed by atoms with Crippen LogP contribution in [0.3, 0.4) is 0 Å². The van der Waals surface area contributed by atoms with E-state index < -0.39 is 0 Å². The molecule has 3 heteroatoms. The van der Waals surface area contributed by atoms with Crippen LogP contribution in [0.1, 0.15) is 90.4 Å². The molecule has 2 rings (SSSR count). The Morgan fingerprint density at radius 3 is 2.52 bits per heavy atom.